The number of hydrogen-bond acceptors (Lipinski definition) is 6. The predicted molar refractivity (Wildman–Crippen MR) is 72.9 cm³/mol. The van der Waals surface area contributed by atoms with E-state index in [1.165, 1.54) is 6.92 Å². The molecule has 0 radical (unpaired) electrons. The van der Waals surface area contributed by atoms with Crippen LogP contribution < -0.4 is 7.06 Å². The summed E-state index contributed by atoms with van der Waals surface area (Å²) in [5, 5.41) is 9.50. The number of nitrogens with one attached hydrogen (secondary N) is 2. The molecule has 3 N–H and O–H groups in total. The summed E-state index contributed by atoms with van der Waals surface area (Å²) in [6.45, 7) is 4.21. The number of halogens is 4. The first kappa shape index (κ1) is 15.7. The van der Waals surface area contributed by atoms with Crippen molar-refractivity contribution in [2.24, 2.45) is 5.41 Å². The third kappa shape index (κ3) is 2.18. The zero-order valence-electron chi connectivity index (χ0n) is 11.6. The fourth-order valence-corrected chi connectivity index (χ4v) is 7.88. The normalized spacial score (nSPS) is 38.9. The third-order valence-electron chi connectivity index (χ3n) is 4.04. The van der Waals surface area contributed by atoms with Crippen LogP contribution in [-0.4, -0.2) is 38.9 Å². The molecule has 0 aromatic heterocycles. The zero-order valence-corrected chi connectivity index (χ0v) is 13.8. The van der Waals surface area contributed by atoms with Crippen LogP contribution in [0.2, 0.25) is 0 Å². The van der Waals surface area contributed by atoms with Crippen molar-refractivity contribution in [3.8, 4) is 0 Å². The maximum absolute atomic E-state index is 12.7. The van der Waals surface area contributed by atoms with Crippen molar-refractivity contribution in [3.63, 3.8) is 0 Å². The van der Waals surface area contributed by atoms with Gasteiger partial charge in [0.1, 0.15) is 0 Å². The van der Waals surface area contributed by atoms with E-state index in [1.807, 2.05) is 0 Å². The molecule has 3 saturated heterocycles. The SMILES string of the molecule is CC1(OC(=O)C(C)(C)C23NI2N3)CO[C@](O)(C(F)(F)F)C1. The van der Waals surface area contributed by atoms with E-state index in [-0.39, 0.29) is 3.67 Å². The quantitative estimate of drug-likeness (QED) is 0.157. The van der Waals surface area contributed by atoms with Crippen LogP contribution in [0.25, 0.3) is 0 Å². The van der Waals surface area contributed by atoms with Gasteiger partial charge in [-0.15, -0.1) is 0 Å². The van der Waals surface area contributed by atoms with Gasteiger partial charge in [-0.2, -0.15) is 0 Å². The number of carbonyl (C=O) groups excluding carboxylic acids is 1. The standard InChI is InChI=1S/C11H16F3IN2O4/c1-7(2,11-15(16-11)17-11)6(18)21-8(3)4-9(19,20-5-8)10(12,13)14/h16-17,19H,4-5H2,1-3H3/t8?,9-/m0/s1. The van der Waals surface area contributed by atoms with E-state index in [9.17, 15) is 23.1 Å². The molecule has 0 aliphatic carbocycles. The van der Waals surface area contributed by atoms with Gasteiger partial charge in [0.05, 0.1) is 0 Å². The molecule has 0 spiro atoms. The molecule has 3 heterocycles. The Labute approximate surface area is 126 Å². The first-order chi connectivity index (χ1) is 9.35. The van der Waals surface area contributed by atoms with Crippen molar-refractivity contribution in [2.75, 3.05) is 6.61 Å². The Morgan fingerprint density at radius 3 is 2.29 bits per heavy atom. The van der Waals surface area contributed by atoms with Crippen LogP contribution in [0.15, 0.2) is 0 Å². The van der Waals surface area contributed by atoms with E-state index < -0.39 is 62.3 Å². The molecule has 2 atom stereocenters. The summed E-state index contributed by atoms with van der Waals surface area (Å²) < 4.78 is 54.0. The van der Waals surface area contributed by atoms with Gasteiger partial charge in [-0.1, -0.05) is 0 Å². The van der Waals surface area contributed by atoms with E-state index in [4.69, 9.17) is 4.74 Å². The second-order valence-corrected chi connectivity index (χ2v) is 10.7. The molecule has 6 nitrogen and oxygen atoms in total. The summed E-state index contributed by atoms with van der Waals surface area (Å²) >= 11 is -1.39. The van der Waals surface area contributed by atoms with Gasteiger partial charge in [0, 0.05) is 0 Å². The van der Waals surface area contributed by atoms with Crippen molar-refractivity contribution < 1.29 is 32.5 Å². The number of hydrogen-bond donors (Lipinski definition) is 3. The number of carbonyl (C=O) groups is 1. The molecule has 0 bridgehead atoms. The average molecular weight is 424 g/mol. The van der Waals surface area contributed by atoms with Crippen molar-refractivity contribution in [1.82, 2.24) is 7.06 Å². The van der Waals surface area contributed by atoms with Crippen LogP contribution in [0.4, 0.5) is 13.2 Å². The van der Waals surface area contributed by atoms with Crippen molar-refractivity contribution in [1.29, 1.82) is 0 Å². The molecular weight excluding hydrogens is 408 g/mol. The number of esters is 1. The van der Waals surface area contributed by atoms with Crippen molar-refractivity contribution >= 4 is 26.3 Å². The van der Waals surface area contributed by atoms with E-state index in [0.717, 1.165) is 0 Å². The second kappa shape index (κ2) is 4.02. The average Bonchev–Trinajstić information content (AvgIpc) is 3.11. The molecule has 1 unspecified atom stereocenters. The Hall–Kier alpha value is -0.170. The number of rotatable bonds is 3. The van der Waals surface area contributed by atoms with Crippen LogP contribution in [-0.2, 0) is 14.3 Å². The summed E-state index contributed by atoms with van der Waals surface area (Å²) in [7, 11) is 0. The first-order valence-electron chi connectivity index (χ1n) is 6.27. The zero-order chi connectivity index (χ0) is 15.9. The van der Waals surface area contributed by atoms with Crippen LogP contribution >= 0.6 is 20.4 Å². The van der Waals surface area contributed by atoms with E-state index in [2.05, 4.69) is 11.8 Å². The van der Waals surface area contributed by atoms with Gasteiger partial charge < -0.3 is 0 Å². The molecule has 0 aromatic rings. The molecule has 122 valence electrons. The summed E-state index contributed by atoms with van der Waals surface area (Å²) in [6.07, 6.45) is -5.76. The molecule has 3 aliphatic heterocycles. The monoisotopic (exact) mass is 424 g/mol. The Balaban J connectivity index is 1.69. The van der Waals surface area contributed by atoms with E-state index in [0.29, 0.717) is 0 Å². The van der Waals surface area contributed by atoms with Crippen molar-refractivity contribution in [2.45, 2.75) is 48.4 Å². The number of fused-ring (bicyclic) bond motifs is 1. The van der Waals surface area contributed by atoms with Gasteiger partial charge in [0.15, 0.2) is 0 Å². The fraction of sp³-hybridized carbons (Fsp3) is 0.909. The Morgan fingerprint density at radius 2 is 1.90 bits per heavy atom. The molecule has 0 saturated carbocycles. The Morgan fingerprint density at radius 1 is 1.38 bits per heavy atom. The van der Waals surface area contributed by atoms with Crippen molar-refractivity contribution in [3.05, 3.63) is 0 Å². The summed E-state index contributed by atoms with van der Waals surface area (Å²) in [4.78, 5) is 12.3. The molecule has 3 aliphatic rings. The molecule has 3 fully saturated rings. The summed E-state index contributed by atoms with van der Waals surface area (Å²) in [5.74, 6) is -3.87. The number of aliphatic hydroxyl groups is 1. The molecule has 21 heavy (non-hydrogen) atoms. The molecule has 0 amide bonds. The maximum atomic E-state index is 12.7. The van der Waals surface area contributed by atoms with E-state index in [1.54, 1.807) is 13.8 Å². The van der Waals surface area contributed by atoms with E-state index >= 15 is 0 Å². The number of alkyl halides is 4. The minimum absolute atomic E-state index is 0.357. The van der Waals surface area contributed by atoms with Gasteiger partial charge in [0.25, 0.3) is 0 Å². The first-order valence-corrected chi connectivity index (χ1v) is 9.51. The summed E-state index contributed by atoms with van der Waals surface area (Å²) in [5.41, 5.74) is -2.36. The van der Waals surface area contributed by atoms with Gasteiger partial charge in [-0.3, -0.25) is 0 Å². The number of ether oxygens (including phenoxy) is 2. The Bertz CT molecular complexity index is 508. The summed E-state index contributed by atoms with van der Waals surface area (Å²) in [6, 6.07) is 0. The van der Waals surface area contributed by atoms with Gasteiger partial charge >= 0.3 is 126 Å². The van der Waals surface area contributed by atoms with Crippen LogP contribution in [0.1, 0.15) is 27.2 Å². The predicted octanol–water partition coefficient (Wildman–Crippen LogP) is 1.18. The van der Waals surface area contributed by atoms with Gasteiger partial charge in [0.2, 0.25) is 0 Å². The van der Waals surface area contributed by atoms with Crippen LogP contribution in [0, 0.1) is 5.41 Å². The van der Waals surface area contributed by atoms with Gasteiger partial charge in [-0.25, -0.2) is 0 Å². The third-order valence-corrected chi connectivity index (χ3v) is 9.17. The van der Waals surface area contributed by atoms with Crippen LogP contribution in [0.3, 0.4) is 0 Å². The fourth-order valence-electron chi connectivity index (χ4n) is 2.32. The van der Waals surface area contributed by atoms with Gasteiger partial charge in [-0.05, 0) is 0 Å². The molecule has 10 heteroatoms. The second-order valence-electron chi connectivity index (χ2n) is 6.34. The molecular formula is C11H16F3IN2O4. The van der Waals surface area contributed by atoms with Crippen LogP contribution in [0.5, 0.6) is 0 Å². The molecule has 0 aromatic carbocycles. The Kier molecular flexibility index (Phi) is 3.01. The topological polar surface area (TPSA) is 99.6 Å². The minimum atomic E-state index is -4.93. The molecule has 3 rings (SSSR count).